The summed E-state index contributed by atoms with van der Waals surface area (Å²) in [5.74, 6) is 0.563. The Morgan fingerprint density at radius 3 is 2.52 bits per heavy atom. The Morgan fingerprint density at radius 2 is 1.83 bits per heavy atom. The fourth-order valence-corrected chi connectivity index (χ4v) is 2.38. The molecular weight excluding hydrogens is 290 g/mol. The molecule has 0 aliphatic carbocycles. The first-order chi connectivity index (χ1) is 11.2. The van der Waals surface area contributed by atoms with Crippen LogP contribution in [0.25, 0.3) is 0 Å². The number of hydrogen-bond acceptors (Lipinski definition) is 4. The highest BCUT2D eigenvalue weighted by Crippen LogP contribution is 2.22. The number of para-hydroxylation sites is 2. The van der Waals surface area contributed by atoms with Crippen LogP contribution in [0.15, 0.2) is 54.6 Å². The first-order valence-electron chi connectivity index (χ1n) is 7.62. The van der Waals surface area contributed by atoms with Crippen molar-refractivity contribution in [3.05, 3.63) is 60.2 Å². The third-order valence-corrected chi connectivity index (χ3v) is 3.44. The van der Waals surface area contributed by atoms with E-state index >= 15 is 0 Å². The summed E-state index contributed by atoms with van der Waals surface area (Å²) in [5, 5.41) is 2.89. The third kappa shape index (κ3) is 5.39. The van der Waals surface area contributed by atoms with E-state index in [9.17, 15) is 4.79 Å². The number of nitrogens with two attached hydrogens (primary N) is 1. The normalized spacial score (nSPS) is 10.6. The highest BCUT2D eigenvalue weighted by molar-refractivity contribution is 5.93. The standard InChI is InChI=1S/C18H23N3O2/c1-23-17-10-6-5-9-16(17)20-18(22)14-21(12-11-19)13-15-7-3-2-4-8-15/h2-10H,11-14,19H2,1H3,(H,20,22). The maximum Gasteiger partial charge on any atom is 0.238 e. The second kappa shape index (κ2) is 8.92. The van der Waals surface area contributed by atoms with Crippen LogP contribution in [0.1, 0.15) is 5.56 Å². The van der Waals surface area contributed by atoms with Gasteiger partial charge in [-0.15, -0.1) is 0 Å². The number of amides is 1. The monoisotopic (exact) mass is 313 g/mol. The Labute approximate surface area is 137 Å². The molecule has 1 amide bonds. The molecule has 0 saturated carbocycles. The zero-order valence-electron chi connectivity index (χ0n) is 13.4. The van der Waals surface area contributed by atoms with Gasteiger partial charge in [-0.05, 0) is 17.7 Å². The molecular formula is C18H23N3O2. The molecule has 2 rings (SSSR count). The van der Waals surface area contributed by atoms with Crippen molar-refractivity contribution in [1.82, 2.24) is 4.90 Å². The van der Waals surface area contributed by atoms with Crippen molar-refractivity contribution in [3.63, 3.8) is 0 Å². The zero-order chi connectivity index (χ0) is 16.5. The van der Waals surface area contributed by atoms with Crippen LogP contribution < -0.4 is 15.8 Å². The first kappa shape index (κ1) is 17.0. The van der Waals surface area contributed by atoms with E-state index in [4.69, 9.17) is 10.5 Å². The van der Waals surface area contributed by atoms with E-state index in [0.29, 0.717) is 31.1 Å². The van der Waals surface area contributed by atoms with Gasteiger partial charge in [-0.1, -0.05) is 42.5 Å². The Bertz CT molecular complexity index is 617. The Hall–Kier alpha value is -2.37. The van der Waals surface area contributed by atoms with Gasteiger partial charge in [-0.25, -0.2) is 0 Å². The van der Waals surface area contributed by atoms with Crippen LogP contribution in [0.3, 0.4) is 0 Å². The Morgan fingerprint density at radius 1 is 1.13 bits per heavy atom. The summed E-state index contributed by atoms with van der Waals surface area (Å²) in [6, 6.07) is 17.4. The van der Waals surface area contributed by atoms with Gasteiger partial charge >= 0.3 is 0 Å². The molecule has 0 heterocycles. The smallest absolute Gasteiger partial charge is 0.238 e. The molecule has 3 N–H and O–H groups in total. The van der Waals surface area contributed by atoms with Crippen molar-refractivity contribution < 1.29 is 9.53 Å². The van der Waals surface area contributed by atoms with Crippen LogP contribution in [0, 0.1) is 0 Å². The Balaban J connectivity index is 1.97. The molecule has 0 atom stereocenters. The fourth-order valence-electron chi connectivity index (χ4n) is 2.38. The van der Waals surface area contributed by atoms with E-state index in [1.807, 2.05) is 59.5 Å². The lowest BCUT2D eigenvalue weighted by molar-refractivity contribution is -0.117. The number of hydrogen-bond donors (Lipinski definition) is 2. The highest BCUT2D eigenvalue weighted by Gasteiger charge is 2.12. The largest absolute Gasteiger partial charge is 0.495 e. The molecule has 0 spiro atoms. The van der Waals surface area contributed by atoms with Crippen molar-refractivity contribution in [2.75, 3.05) is 32.1 Å². The summed E-state index contributed by atoms with van der Waals surface area (Å²) < 4.78 is 5.25. The second-order valence-electron chi connectivity index (χ2n) is 5.23. The molecule has 0 unspecified atom stereocenters. The van der Waals surface area contributed by atoms with Crippen LogP contribution in [-0.4, -0.2) is 37.6 Å². The third-order valence-electron chi connectivity index (χ3n) is 3.44. The number of benzene rings is 2. The summed E-state index contributed by atoms with van der Waals surface area (Å²) in [6.45, 7) is 2.14. The average molecular weight is 313 g/mol. The molecule has 0 aliphatic heterocycles. The summed E-state index contributed by atoms with van der Waals surface area (Å²) in [4.78, 5) is 14.3. The van der Waals surface area contributed by atoms with Gasteiger partial charge in [0.1, 0.15) is 5.75 Å². The van der Waals surface area contributed by atoms with E-state index < -0.39 is 0 Å². The van der Waals surface area contributed by atoms with Gasteiger partial charge in [-0.2, -0.15) is 0 Å². The van der Waals surface area contributed by atoms with Gasteiger partial charge in [0.25, 0.3) is 0 Å². The van der Waals surface area contributed by atoms with Crippen molar-refractivity contribution in [3.8, 4) is 5.75 Å². The summed E-state index contributed by atoms with van der Waals surface area (Å²) in [6.07, 6.45) is 0. The number of carbonyl (C=O) groups excluding carboxylic acids is 1. The number of methoxy groups -OCH3 is 1. The predicted molar refractivity (Wildman–Crippen MR) is 92.4 cm³/mol. The Kier molecular flexibility index (Phi) is 6.59. The maximum atomic E-state index is 12.3. The number of rotatable bonds is 8. The van der Waals surface area contributed by atoms with E-state index in [2.05, 4.69) is 5.32 Å². The van der Waals surface area contributed by atoms with Crippen LogP contribution >= 0.6 is 0 Å². The number of carbonyl (C=O) groups is 1. The van der Waals surface area contributed by atoms with E-state index in [0.717, 1.165) is 5.56 Å². The highest BCUT2D eigenvalue weighted by atomic mass is 16.5. The topological polar surface area (TPSA) is 67.6 Å². The number of ether oxygens (including phenoxy) is 1. The van der Waals surface area contributed by atoms with Crippen molar-refractivity contribution in [2.24, 2.45) is 5.73 Å². The van der Waals surface area contributed by atoms with Gasteiger partial charge in [0, 0.05) is 19.6 Å². The fraction of sp³-hybridized carbons (Fsp3) is 0.278. The molecule has 0 fully saturated rings. The molecule has 23 heavy (non-hydrogen) atoms. The maximum absolute atomic E-state index is 12.3. The van der Waals surface area contributed by atoms with Crippen molar-refractivity contribution >= 4 is 11.6 Å². The molecule has 0 bridgehead atoms. The molecule has 5 heteroatoms. The van der Waals surface area contributed by atoms with E-state index in [1.54, 1.807) is 7.11 Å². The minimum absolute atomic E-state index is 0.0844. The first-order valence-corrected chi connectivity index (χ1v) is 7.62. The van der Waals surface area contributed by atoms with Crippen molar-refractivity contribution in [1.29, 1.82) is 0 Å². The lowest BCUT2D eigenvalue weighted by atomic mass is 10.2. The van der Waals surface area contributed by atoms with Gasteiger partial charge < -0.3 is 15.8 Å². The van der Waals surface area contributed by atoms with Gasteiger partial charge in [0.2, 0.25) is 5.91 Å². The summed E-state index contributed by atoms with van der Waals surface area (Å²) in [7, 11) is 1.58. The lowest BCUT2D eigenvalue weighted by Gasteiger charge is -2.21. The molecule has 0 aromatic heterocycles. The molecule has 0 saturated heterocycles. The molecule has 0 aliphatic rings. The molecule has 2 aromatic rings. The van der Waals surface area contributed by atoms with Gasteiger partial charge in [-0.3, -0.25) is 9.69 Å². The summed E-state index contributed by atoms with van der Waals surface area (Å²) >= 11 is 0. The average Bonchev–Trinajstić information content (AvgIpc) is 2.56. The van der Waals surface area contributed by atoms with Gasteiger partial charge in [0.05, 0.1) is 19.3 Å². The van der Waals surface area contributed by atoms with Crippen LogP contribution in [0.2, 0.25) is 0 Å². The van der Waals surface area contributed by atoms with Crippen LogP contribution in [-0.2, 0) is 11.3 Å². The minimum atomic E-state index is -0.0844. The molecule has 2 aromatic carbocycles. The molecule has 5 nitrogen and oxygen atoms in total. The van der Waals surface area contributed by atoms with Crippen molar-refractivity contribution in [2.45, 2.75) is 6.54 Å². The van der Waals surface area contributed by atoms with E-state index in [1.165, 1.54) is 0 Å². The van der Waals surface area contributed by atoms with Crippen LogP contribution in [0.5, 0.6) is 5.75 Å². The second-order valence-corrected chi connectivity index (χ2v) is 5.23. The number of nitrogens with one attached hydrogen (secondary N) is 1. The molecule has 0 radical (unpaired) electrons. The summed E-state index contributed by atoms with van der Waals surface area (Å²) in [5.41, 5.74) is 7.50. The van der Waals surface area contributed by atoms with E-state index in [-0.39, 0.29) is 12.5 Å². The van der Waals surface area contributed by atoms with Crippen LogP contribution in [0.4, 0.5) is 5.69 Å². The number of nitrogens with zero attached hydrogens (tertiary/aromatic N) is 1. The zero-order valence-corrected chi connectivity index (χ0v) is 13.4. The number of anilines is 1. The SMILES string of the molecule is COc1ccccc1NC(=O)CN(CCN)Cc1ccccc1. The quantitative estimate of drug-likeness (QED) is 0.783. The van der Waals surface area contributed by atoms with Gasteiger partial charge in [0.15, 0.2) is 0 Å². The lowest BCUT2D eigenvalue weighted by Crippen LogP contribution is -2.36. The molecule has 122 valence electrons. The minimum Gasteiger partial charge on any atom is -0.495 e. The predicted octanol–water partition coefficient (Wildman–Crippen LogP) is 2.09.